The number of nitrogen functional groups attached to an aromatic ring is 1. The van der Waals surface area contributed by atoms with Gasteiger partial charge in [0.1, 0.15) is 5.82 Å². The highest BCUT2D eigenvalue weighted by molar-refractivity contribution is 5.23. The predicted octanol–water partition coefficient (Wildman–Crippen LogP) is 1.67. The second-order valence-corrected chi connectivity index (χ2v) is 3.45. The summed E-state index contributed by atoms with van der Waals surface area (Å²) >= 11 is 0. The number of hydrogen-bond acceptors (Lipinski definition) is 3. The first kappa shape index (κ1) is 11.0. The molecule has 0 bridgehead atoms. The van der Waals surface area contributed by atoms with E-state index in [1.807, 2.05) is 10.9 Å². The van der Waals surface area contributed by atoms with Crippen molar-refractivity contribution in [3.05, 3.63) is 12.3 Å². The summed E-state index contributed by atoms with van der Waals surface area (Å²) in [5.41, 5.74) is 5.49. The third kappa shape index (κ3) is 3.79. The highest BCUT2D eigenvalue weighted by Crippen LogP contribution is 2.00. The minimum Gasteiger partial charge on any atom is -0.382 e. The molecule has 1 aromatic rings. The van der Waals surface area contributed by atoms with Gasteiger partial charge in [-0.05, 0) is 25.8 Å². The molecule has 0 saturated heterocycles. The van der Waals surface area contributed by atoms with Crippen LogP contribution in [-0.2, 0) is 11.3 Å². The molecule has 0 saturated carbocycles. The largest absolute Gasteiger partial charge is 0.382 e. The molecule has 0 aromatic carbocycles. The number of aromatic nitrogens is 2. The lowest BCUT2D eigenvalue weighted by Gasteiger charge is -2.09. The lowest BCUT2D eigenvalue weighted by molar-refractivity contribution is 0.0596. The van der Waals surface area contributed by atoms with Crippen molar-refractivity contribution in [2.45, 2.75) is 39.3 Å². The Morgan fingerprint density at radius 3 is 3.00 bits per heavy atom. The highest BCUT2D eigenvalue weighted by Gasteiger charge is 1.98. The van der Waals surface area contributed by atoms with Crippen LogP contribution in [-0.4, -0.2) is 22.5 Å². The lowest BCUT2D eigenvalue weighted by Crippen LogP contribution is -2.10. The number of aryl methyl sites for hydroxylation is 1. The monoisotopic (exact) mass is 197 g/mol. The molecule has 0 radical (unpaired) electrons. The van der Waals surface area contributed by atoms with Gasteiger partial charge in [0.2, 0.25) is 0 Å². The van der Waals surface area contributed by atoms with Gasteiger partial charge in [-0.1, -0.05) is 6.92 Å². The summed E-state index contributed by atoms with van der Waals surface area (Å²) in [6.07, 6.45) is 4.29. The maximum absolute atomic E-state index is 5.55. The van der Waals surface area contributed by atoms with Crippen LogP contribution in [0.5, 0.6) is 0 Å². The molecule has 1 unspecified atom stereocenters. The molecule has 80 valence electrons. The molecule has 4 heteroatoms. The van der Waals surface area contributed by atoms with Crippen molar-refractivity contribution in [1.29, 1.82) is 0 Å². The molecule has 14 heavy (non-hydrogen) atoms. The zero-order chi connectivity index (χ0) is 10.4. The van der Waals surface area contributed by atoms with Crippen LogP contribution < -0.4 is 5.73 Å². The van der Waals surface area contributed by atoms with Crippen LogP contribution >= 0.6 is 0 Å². The van der Waals surface area contributed by atoms with Crippen molar-refractivity contribution in [1.82, 2.24) is 9.78 Å². The summed E-state index contributed by atoms with van der Waals surface area (Å²) in [5, 5.41) is 4.09. The fourth-order valence-electron chi connectivity index (χ4n) is 1.13. The zero-order valence-corrected chi connectivity index (χ0v) is 8.94. The van der Waals surface area contributed by atoms with E-state index in [2.05, 4.69) is 18.9 Å². The maximum Gasteiger partial charge on any atom is 0.145 e. The summed E-state index contributed by atoms with van der Waals surface area (Å²) in [6, 6.07) is 1.80. The average Bonchev–Trinajstić information content (AvgIpc) is 2.58. The fraction of sp³-hybridized carbons (Fsp3) is 0.700. The molecule has 0 aliphatic carbocycles. The van der Waals surface area contributed by atoms with Crippen LogP contribution in [0.1, 0.15) is 26.7 Å². The fourth-order valence-corrected chi connectivity index (χ4v) is 1.13. The second kappa shape index (κ2) is 5.65. The predicted molar refractivity (Wildman–Crippen MR) is 57.0 cm³/mol. The van der Waals surface area contributed by atoms with E-state index >= 15 is 0 Å². The SMILES string of the molecule is CCC(C)OCCCn1ccc(N)n1. The second-order valence-electron chi connectivity index (χ2n) is 3.45. The topological polar surface area (TPSA) is 53.1 Å². The quantitative estimate of drug-likeness (QED) is 0.706. The van der Waals surface area contributed by atoms with Gasteiger partial charge in [-0.15, -0.1) is 0 Å². The molecule has 1 aromatic heterocycles. The standard InChI is InChI=1S/C10H19N3O/c1-3-9(2)14-8-4-6-13-7-5-10(11)12-13/h5,7,9H,3-4,6,8H2,1-2H3,(H2,11,12). The van der Waals surface area contributed by atoms with E-state index < -0.39 is 0 Å². The molecule has 1 rings (SSSR count). The van der Waals surface area contributed by atoms with Crippen molar-refractivity contribution in [3.63, 3.8) is 0 Å². The highest BCUT2D eigenvalue weighted by atomic mass is 16.5. The van der Waals surface area contributed by atoms with Crippen molar-refractivity contribution >= 4 is 5.82 Å². The first-order valence-electron chi connectivity index (χ1n) is 5.13. The third-order valence-electron chi connectivity index (χ3n) is 2.17. The first-order chi connectivity index (χ1) is 6.72. The molecular formula is C10H19N3O. The number of nitrogens with two attached hydrogens (primary N) is 1. The van der Waals surface area contributed by atoms with Gasteiger partial charge in [0, 0.05) is 19.3 Å². The molecule has 1 atom stereocenters. The minimum absolute atomic E-state index is 0.359. The van der Waals surface area contributed by atoms with E-state index in [4.69, 9.17) is 10.5 Å². The van der Waals surface area contributed by atoms with Gasteiger partial charge < -0.3 is 10.5 Å². The van der Waals surface area contributed by atoms with Gasteiger partial charge in [0.15, 0.2) is 0 Å². The lowest BCUT2D eigenvalue weighted by atomic mass is 10.3. The van der Waals surface area contributed by atoms with Crippen LogP contribution in [0.15, 0.2) is 12.3 Å². The summed E-state index contributed by atoms with van der Waals surface area (Å²) in [6.45, 7) is 5.87. The Bertz CT molecular complexity index is 260. The Hall–Kier alpha value is -1.03. The van der Waals surface area contributed by atoms with Crippen molar-refractivity contribution in [3.8, 4) is 0 Å². The number of rotatable bonds is 6. The summed E-state index contributed by atoms with van der Waals surface area (Å²) in [5.74, 6) is 0.577. The normalized spacial score (nSPS) is 13.0. The molecule has 0 aliphatic heterocycles. The van der Waals surface area contributed by atoms with Crippen LogP contribution in [0.25, 0.3) is 0 Å². The summed E-state index contributed by atoms with van der Waals surface area (Å²) in [4.78, 5) is 0. The van der Waals surface area contributed by atoms with E-state index in [-0.39, 0.29) is 0 Å². The Kier molecular flexibility index (Phi) is 4.46. The summed E-state index contributed by atoms with van der Waals surface area (Å²) < 4.78 is 7.39. The van der Waals surface area contributed by atoms with E-state index in [9.17, 15) is 0 Å². The van der Waals surface area contributed by atoms with Gasteiger partial charge in [-0.3, -0.25) is 4.68 Å². The Balaban J connectivity index is 2.10. The van der Waals surface area contributed by atoms with Gasteiger partial charge in [-0.25, -0.2) is 0 Å². The van der Waals surface area contributed by atoms with E-state index in [0.29, 0.717) is 11.9 Å². The number of nitrogens with zero attached hydrogens (tertiary/aromatic N) is 2. The molecule has 1 heterocycles. The molecule has 0 spiro atoms. The van der Waals surface area contributed by atoms with Crippen LogP contribution in [0.4, 0.5) is 5.82 Å². The molecule has 0 amide bonds. The van der Waals surface area contributed by atoms with Crippen molar-refractivity contribution in [2.75, 3.05) is 12.3 Å². The van der Waals surface area contributed by atoms with E-state index in [1.54, 1.807) is 6.07 Å². The van der Waals surface area contributed by atoms with Gasteiger partial charge in [-0.2, -0.15) is 5.10 Å². The molecule has 4 nitrogen and oxygen atoms in total. The van der Waals surface area contributed by atoms with Gasteiger partial charge in [0.05, 0.1) is 6.10 Å². The van der Waals surface area contributed by atoms with Gasteiger partial charge in [0.25, 0.3) is 0 Å². The number of hydrogen-bond donors (Lipinski definition) is 1. The van der Waals surface area contributed by atoms with E-state index in [1.165, 1.54) is 0 Å². The Labute approximate surface area is 85.0 Å². The smallest absolute Gasteiger partial charge is 0.145 e. The first-order valence-corrected chi connectivity index (χ1v) is 5.13. The van der Waals surface area contributed by atoms with Crippen LogP contribution in [0, 0.1) is 0 Å². The van der Waals surface area contributed by atoms with E-state index in [0.717, 1.165) is 26.0 Å². The number of anilines is 1. The summed E-state index contributed by atoms with van der Waals surface area (Å²) in [7, 11) is 0. The van der Waals surface area contributed by atoms with Crippen molar-refractivity contribution in [2.24, 2.45) is 0 Å². The number of ether oxygens (including phenoxy) is 1. The average molecular weight is 197 g/mol. The van der Waals surface area contributed by atoms with Crippen LogP contribution in [0.3, 0.4) is 0 Å². The van der Waals surface area contributed by atoms with Crippen LogP contribution in [0.2, 0.25) is 0 Å². The maximum atomic E-state index is 5.55. The molecule has 0 aliphatic rings. The van der Waals surface area contributed by atoms with Crippen molar-refractivity contribution < 1.29 is 4.74 Å². The van der Waals surface area contributed by atoms with Gasteiger partial charge >= 0.3 is 0 Å². The molecule has 0 fully saturated rings. The third-order valence-corrected chi connectivity index (χ3v) is 2.17. The zero-order valence-electron chi connectivity index (χ0n) is 8.94. The Morgan fingerprint density at radius 1 is 1.64 bits per heavy atom. The molecule has 2 N–H and O–H groups in total. The Morgan fingerprint density at radius 2 is 2.43 bits per heavy atom. The molecular weight excluding hydrogens is 178 g/mol. The minimum atomic E-state index is 0.359.